The van der Waals surface area contributed by atoms with Gasteiger partial charge in [0.15, 0.2) is 0 Å². The van der Waals surface area contributed by atoms with Gasteiger partial charge in [0.2, 0.25) is 0 Å². The molecule has 7 heteroatoms. The first-order valence-electron chi connectivity index (χ1n) is 12.8. The minimum Gasteiger partial charge on any atom is -0.444 e. The lowest BCUT2D eigenvalue weighted by atomic mass is 9.96. The van der Waals surface area contributed by atoms with Gasteiger partial charge in [-0.25, -0.2) is 9.78 Å². The lowest BCUT2D eigenvalue weighted by molar-refractivity contribution is 0.0486. The van der Waals surface area contributed by atoms with E-state index in [4.69, 9.17) is 9.72 Å². The van der Waals surface area contributed by atoms with E-state index in [0.717, 1.165) is 63.3 Å². The average molecular weight is 468 g/mol. The number of aromatic nitrogens is 2. The molecule has 34 heavy (non-hydrogen) atoms. The normalized spacial score (nSPS) is 19.3. The van der Waals surface area contributed by atoms with E-state index in [1.165, 1.54) is 11.4 Å². The van der Waals surface area contributed by atoms with Crippen molar-refractivity contribution in [1.82, 2.24) is 25.1 Å². The number of piperidine rings is 1. The standard InChI is InChI=1S/C27H41N5O2/c1-19(17-23(21-9-7-6-8-10-21)30-26(33)34-27(3,4)5)31-15-12-22(13-16-31)32-20(2)29-24-18-28-14-11-25(24)32/h6-10,19,22-23,28H,11-18H2,1-5H3,(H,30,33)/t19?,23-/m0/s1. The summed E-state index contributed by atoms with van der Waals surface area (Å²) in [6.45, 7) is 14.2. The Morgan fingerprint density at radius 1 is 1.24 bits per heavy atom. The Kier molecular flexibility index (Phi) is 7.63. The van der Waals surface area contributed by atoms with E-state index in [1.54, 1.807) is 0 Å². The summed E-state index contributed by atoms with van der Waals surface area (Å²) in [5, 5.41) is 6.57. The van der Waals surface area contributed by atoms with Crippen LogP contribution in [0.5, 0.6) is 0 Å². The fraction of sp³-hybridized carbons (Fsp3) is 0.630. The van der Waals surface area contributed by atoms with Crippen molar-refractivity contribution in [2.24, 2.45) is 0 Å². The van der Waals surface area contributed by atoms with Gasteiger partial charge in [0.25, 0.3) is 0 Å². The number of rotatable bonds is 6. The van der Waals surface area contributed by atoms with Crippen LogP contribution < -0.4 is 10.6 Å². The molecule has 2 N–H and O–H groups in total. The average Bonchev–Trinajstić information content (AvgIpc) is 3.13. The van der Waals surface area contributed by atoms with E-state index in [2.05, 4.69) is 46.1 Å². The fourth-order valence-electron chi connectivity index (χ4n) is 5.44. The molecule has 0 saturated carbocycles. The van der Waals surface area contributed by atoms with Gasteiger partial charge in [0, 0.05) is 50.4 Å². The van der Waals surface area contributed by atoms with Crippen LogP contribution in [0.25, 0.3) is 0 Å². The number of nitrogens with zero attached hydrogens (tertiary/aromatic N) is 3. The number of hydrogen-bond acceptors (Lipinski definition) is 5. The van der Waals surface area contributed by atoms with Crippen LogP contribution in [-0.2, 0) is 17.7 Å². The molecule has 186 valence electrons. The molecular weight excluding hydrogens is 426 g/mol. The number of hydrogen-bond donors (Lipinski definition) is 2. The summed E-state index contributed by atoms with van der Waals surface area (Å²) >= 11 is 0. The van der Waals surface area contributed by atoms with Crippen molar-refractivity contribution in [3.63, 3.8) is 0 Å². The Morgan fingerprint density at radius 2 is 1.94 bits per heavy atom. The SMILES string of the molecule is Cc1nc2c(n1C1CCN(C(C)C[C@H](NC(=O)OC(C)(C)C)c3ccccc3)CC1)CCNC2. The smallest absolute Gasteiger partial charge is 0.408 e. The predicted molar refractivity (Wildman–Crippen MR) is 135 cm³/mol. The van der Waals surface area contributed by atoms with Crippen molar-refractivity contribution in [3.05, 3.63) is 53.1 Å². The molecule has 2 aliphatic rings. The largest absolute Gasteiger partial charge is 0.444 e. The molecule has 2 aliphatic heterocycles. The van der Waals surface area contributed by atoms with Gasteiger partial charge in [-0.15, -0.1) is 0 Å². The zero-order valence-electron chi connectivity index (χ0n) is 21.4. The highest BCUT2D eigenvalue weighted by molar-refractivity contribution is 5.68. The molecule has 3 heterocycles. The molecule has 0 spiro atoms. The van der Waals surface area contributed by atoms with Crippen LogP contribution in [0, 0.1) is 6.92 Å². The number of ether oxygens (including phenoxy) is 1. The summed E-state index contributed by atoms with van der Waals surface area (Å²) in [4.78, 5) is 20.0. The highest BCUT2D eigenvalue weighted by Gasteiger charge is 2.30. The first-order valence-corrected chi connectivity index (χ1v) is 12.8. The molecule has 0 aliphatic carbocycles. The minimum absolute atomic E-state index is 0.0841. The maximum Gasteiger partial charge on any atom is 0.408 e. The molecule has 2 atom stereocenters. The summed E-state index contributed by atoms with van der Waals surface area (Å²) in [7, 11) is 0. The lowest BCUT2D eigenvalue weighted by Gasteiger charge is -2.38. The van der Waals surface area contributed by atoms with E-state index in [9.17, 15) is 4.79 Å². The molecule has 2 aromatic rings. The van der Waals surface area contributed by atoms with E-state index >= 15 is 0 Å². The molecular formula is C27H41N5O2. The van der Waals surface area contributed by atoms with Gasteiger partial charge in [0.1, 0.15) is 11.4 Å². The molecule has 0 bridgehead atoms. The first kappa shape index (κ1) is 24.7. The van der Waals surface area contributed by atoms with Crippen molar-refractivity contribution < 1.29 is 9.53 Å². The van der Waals surface area contributed by atoms with Gasteiger partial charge in [0.05, 0.1) is 11.7 Å². The summed E-state index contributed by atoms with van der Waals surface area (Å²) in [6.07, 6.45) is 3.83. The van der Waals surface area contributed by atoms with E-state index in [-0.39, 0.29) is 12.1 Å². The number of likely N-dealkylation sites (tertiary alicyclic amines) is 1. The number of aryl methyl sites for hydroxylation is 1. The number of benzene rings is 1. The molecule has 1 fully saturated rings. The van der Waals surface area contributed by atoms with Crippen LogP contribution in [0.15, 0.2) is 30.3 Å². The molecule has 0 radical (unpaired) electrons. The number of amides is 1. The topological polar surface area (TPSA) is 71.4 Å². The van der Waals surface area contributed by atoms with Gasteiger partial charge in [-0.3, -0.25) is 0 Å². The van der Waals surface area contributed by atoms with Crippen LogP contribution >= 0.6 is 0 Å². The number of fused-ring (bicyclic) bond motifs is 1. The second-order valence-corrected chi connectivity index (χ2v) is 10.8. The third-order valence-electron chi connectivity index (χ3n) is 7.06. The minimum atomic E-state index is -0.514. The molecule has 7 nitrogen and oxygen atoms in total. The Balaban J connectivity index is 1.39. The Morgan fingerprint density at radius 3 is 2.62 bits per heavy atom. The zero-order chi connectivity index (χ0) is 24.3. The van der Waals surface area contributed by atoms with Crippen LogP contribution in [0.3, 0.4) is 0 Å². The van der Waals surface area contributed by atoms with Crippen molar-refractivity contribution in [2.45, 2.75) is 90.6 Å². The number of carbonyl (C=O) groups is 1. The maximum absolute atomic E-state index is 12.6. The van der Waals surface area contributed by atoms with Crippen molar-refractivity contribution in [1.29, 1.82) is 0 Å². The van der Waals surface area contributed by atoms with Crippen LogP contribution in [0.2, 0.25) is 0 Å². The second kappa shape index (κ2) is 10.5. The van der Waals surface area contributed by atoms with Crippen LogP contribution in [0.1, 0.15) is 81.8 Å². The number of imidazole rings is 1. The second-order valence-electron chi connectivity index (χ2n) is 10.8. The van der Waals surface area contributed by atoms with Gasteiger partial charge in [-0.2, -0.15) is 0 Å². The molecule has 1 amide bonds. The summed E-state index contributed by atoms with van der Waals surface area (Å²) in [6, 6.07) is 11.0. The zero-order valence-corrected chi connectivity index (χ0v) is 21.4. The first-order chi connectivity index (χ1) is 16.2. The highest BCUT2D eigenvalue weighted by Crippen LogP contribution is 2.31. The Hall–Kier alpha value is -2.38. The van der Waals surface area contributed by atoms with E-state index in [0.29, 0.717) is 12.1 Å². The monoisotopic (exact) mass is 467 g/mol. The third kappa shape index (κ3) is 5.99. The van der Waals surface area contributed by atoms with Crippen LogP contribution in [0.4, 0.5) is 4.79 Å². The summed E-state index contributed by atoms with van der Waals surface area (Å²) < 4.78 is 8.07. The quantitative estimate of drug-likeness (QED) is 0.654. The lowest BCUT2D eigenvalue weighted by Crippen LogP contribution is -2.43. The Bertz CT molecular complexity index is 957. The molecule has 1 unspecified atom stereocenters. The van der Waals surface area contributed by atoms with E-state index in [1.807, 2.05) is 39.0 Å². The number of nitrogens with one attached hydrogen (secondary N) is 2. The van der Waals surface area contributed by atoms with Gasteiger partial charge >= 0.3 is 6.09 Å². The van der Waals surface area contributed by atoms with Crippen LogP contribution in [-0.4, -0.2) is 51.8 Å². The number of carbonyl (C=O) groups excluding carboxylic acids is 1. The molecule has 1 aromatic carbocycles. The molecule has 1 saturated heterocycles. The summed E-state index contributed by atoms with van der Waals surface area (Å²) in [5.41, 5.74) is 3.27. The van der Waals surface area contributed by atoms with Crippen molar-refractivity contribution >= 4 is 6.09 Å². The van der Waals surface area contributed by atoms with Gasteiger partial charge in [-0.1, -0.05) is 30.3 Å². The van der Waals surface area contributed by atoms with Crippen molar-refractivity contribution in [2.75, 3.05) is 19.6 Å². The maximum atomic E-state index is 12.6. The predicted octanol–water partition coefficient (Wildman–Crippen LogP) is 4.52. The third-order valence-corrected chi connectivity index (χ3v) is 7.06. The van der Waals surface area contributed by atoms with Gasteiger partial charge < -0.3 is 24.8 Å². The van der Waals surface area contributed by atoms with Gasteiger partial charge in [-0.05, 0) is 59.4 Å². The van der Waals surface area contributed by atoms with E-state index < -0.39 is 5.60 Å². The highest BCUT2D eigenvalue weighted by atomic mass is 16.6. The molecule has 1 aromatic heterocycles. The van der Waals surface area contributed by atoms with Crippen molar-refractivity contribution in [3.8, 4) is 0 Å². The number of alkyl carbamates (subject to hydrolysis) is 1. The molecule has 4 rings (SSSR count). The fourth-order valence-corrected chi connectivity index (χ4v) is 5.44. The Labute approximate surface area is 204 Å². The summed E-state index contributed by atoms with van der Waals surface area (Å²) in [5.74, 6) is 1.16.